The molecule has 110 valence electrons. The summed E-state index contributed by atoms with van der Waals surface area (Å²) in [6.07, 6.45) is 0. The number of esters is 1. The van der Waals surface area contributed by atoms with Crippen molar-refractivity contribution in [2.75, 3.05) is 7.11 Å². The van der Waals surface area contributed by atoms with E-state index >= 15 is 0 Å². The normalized spacial score (nSPS) is 11.1. The molecule has 0 aliphatic rings. The van der Waals surface area contributed by atoms with Gasteiger partial charge in [0.2, 0.25) is 8.87 Å². The molecule has 2 rings (SSSR count). The molecule has 0 spiro atoms. The van der Waals surface area contributed by atoms with Gasteiger partial charge in [-0.3, -0.25) is 0 Å². The standard InChI is InChI=1S/C15H14O4S2/c1-19-15(16)13-9-7-12(8-10-13)11-20-21(17,18)14-5-3-2-4-6-14/h2-10H,11H2,1H3. The second-order valence-electron chi connectivity index (χ2n) is 4.22. The van der Waals surface area contributed by atoms with Crippen LogP contribution in [-0.4, -0.2) is 21.5 Å². The van der Waals surface area contributed by atoms with Crippen molar-refractivity contribution in [3.8, 4) is 0 Å². The SMILES string of the molecule is COC(=O)c1ccc(CSS(=O)(=O)c2ccccc2)cc1. The lowest BCUT2D eigenvalue weighted by atomic mass is 10.1. The number of methoxy groups -OCH3 is 1. The minimum atomic E-state index is -3.36. The van der Waals surface area contributed by atoms with Crippen molar-refractivity contribution in [2.24, 2.45) is 0 Å². The maximum Gasteiger partial charge on any atom is 0.337 e. The first-order valence-electron chi connectivity index (χ1n) is 6.14. The molecule has 0 bridgehead atoms. The zero-order valence-electron chi connectivity index (χ0n) is 11.4. The van der Waals surface area contributed by atoms with E-state index in [4.69, 9.17) is 0 Å². The molecule has 0 amide bonds. The van der Waals surface area contributed by atoms with E-state index in [2.05, 4.69) is 4.74 Å². The summed E-state index contributed by atoms with van der Waals surface area (Å²) in [5, 5.41) is 0. The molecule has 0 radical (unpaired) electrons. The van der Waals surface area contributed by atoms with Crippen LogP contribution in [0.4, 0.5) is 0 Å². The fourth-order valence-electron chi connectivity index (χ4n) is 1.66. The summed E-state index contributed by atoms with van der Waals surface area (Å²) in [5.41, 5.74) is 1.27. The van der Waals surface area contributed by atoms with Gasteiger partial charge in [0.15, 0.2) is 0 Å². The average Bonchev–Trinajstić information content (AvgIpc) is 2.53. The van der Waals surface area contributed by atoms with Crippen molar-refractivity contribution in [1.82, 2.24) is 0 Å². The van der Waals surface area contributed by atoms with Gasteiger partial charge in [-0.2, -0.15) is 0 Å². The molecule has 0 atom stereocenters. The zero-order chi connectivity index (χ0) is 15.3. The number of hydrogen-bond donors (Lipinski definition) is 0. The average molecular weight is 322 g/mol. The van der Waals surface area contributed by atoms with Gasteiger partial charge < -0.3 is 4.74 Å². The van der Waals surface area contributed by atoms with Crippen molar-refractivity contribution in [3.05, 3.63) is 65.7 Å². The topological polar surface area (TPSA) is 60.4 Å². The summed E-state index contributed by atoms with van der Waals surface area (Å²) >= 11 is 0. The van der Waals surface area contributed by atoms with E-state index in [1.807, 2.05) is 0 Å². The van der Waals surface area contributed by atoms with Gasteiger partial charge in [-0.1, -0.05) is 30.3 Å². The summed E-state index contributed by atoms with van der Waals surface area (Å²) < 4.78 is 28.8. The van der Waals surface area contributed by atoms with E-state index in [-0.39, 0.29) is 0 Å². The van der Waals surface area contributed by atoms with Crippen molar-refractivity contribution in [2.45, 2.75) is 10.6 Å². The van der Waals surface area contributed by atoms with E-state index < -0.39 is 14.8 Å². The van der Waals surface area contributed by atoms with Crippen LogP contribution in [-0.2, 0) is 19.4 Å². The molecule has 2 aromatic carbocycles. The van der Waals surface area contributed by atoms with Crippen LogP contribution in [0.2, 0.25) is 0 Å². The van der Waals surface area contributed by atoms with E-state index in [0.29, 0.717) is 16.2 Å². The predicted molar refractivity (Wildman–Crippen MR) is 82.7 cm³/mol. The van der Waals surface area contributed by atoms with Gasteiger partial charge >= 0.3 is 5.97 Å². The van der Waals surface area contributed by atoms with E-state index in [9.17, 15) is 13.2 Å². The largest absolute Gasteiger partial charge is 0.465 e. The van der Waals surface area contributed by atoms with Crippen molar-refractivity contribution >= 4 is 25.6 Å². The van der Waals surface area contributed by atoms with Gasteiger partial charge in [0.25, 0.3) is 0 Å². The minimum Gasteiger partial charge on any atom is -0.465 e. The maximum absolute atomic E-state index is 12.1. The van der Waals surface area contributed by atoms with Crippen molar-refractivity contribution in [3.63, 3.8) is 0 Å². The predicted octanol–water partition coefficient (Wildman–Crippen LogP) is 3.10. The van der Waals surface area contributed by atoms with E-state index in [0.717, 1.165) is 16.4 Å². The lowest BCUT2D eigenvalue weighted by molar-refractivity contribution is 0.0600. The van der Waals surface area contributed by atoms with Crippen LogP contribution in [0.15, 0.2) is 59.5 Å². The third kappa shape index (κ3) is 4.09. The number of carbonyl (C=O) groups excluding carboxylic acids is 1. The monoisotopic (exact) mass is 322 g/mol. The Morgan fingerprint density at radius 2 is 1.67 bits per heavy atom. The number of rotatable bonds is 5. The third-order valence-corrected chi connectivity index (χ3v) is 6.26. The van der Waals surface area contributed by atoms with Gasteiger partial charge in [-0.05, 0) is 40.6 Å². The Hall–Kier alpha value is -1.79. The van der Waals surface area contributed by atoms with Gasteiger partial charge in [-0.15, -0.1) is 0 Å². The molecular formula is C15H14O4S2. The van der Waals surface area contributed by atoms with Gasteiger partial charge in [0.1, 0.15) is 0 Å². The zero-order valence-corrected chi connectivity index (χ0v) is 13.0. The highest BCUT2D eigenvalue weighted by Crippen LogP contribution is 2.26. The Morgan fingerprint density at radius 3 is 2.24 bits per heavy atom. The van der Waals surface area contributed by atoms with Crippen LogP contribution in [0.3, 0.4) is 0 Å². The molecule has 0 saturated carbocycles. The molecule has 0 aliphatic carbocycles. The Balaban J connectivity index is 2.05. The first-order chi connectivity index (χ1) is 10.0. The van der Waals surface area contributed by atoms with Crippen LogP contribution in [0, 0.1) is 0 Å². The molecule has 0 aliphatic heterocycles. The summed E-state index contributed by atoms with van der Waals surface area (Å²) in [6.45, 7) is 0. The molecule has 21 heavy (non-hydrogen) atoms. The lowest BCUT2D eigenvalue weighted by Crippen LogP contribution is -2.01. The molecule has 2 aromatic rings. The quantitative estimate of drug-likeness (QED) is 0.625. The fraction of sp³-hybridized carbons (Fsp3) is 0.133. The first-order valence-corrected chi connectivity index (χ1v) is 9.13. The highest BCUT2D eigenvalue weighted by atomic mass is 33.1. The molecular weight excluding hydrogens is 308 g/mol. The molecule has 0 aromatic heterocycles. The summed E-state index contributed by atoms with van der Waals surface area (Å²) in [7, 11) is -1.19. The highest BCUT2D eigenvalue weighted by molar-refractivity contribution is 8.71. The minimum absolute atomic E-state index is 0.293. The number of carbonyl (C=O) groups is 1. The van der Waals surface area contributed by atoms with Gasteiger partial charge in [0, 0.05) is 5.75 Å². The van der Waals surface area contributed by atoms with Gasteiger partial charge in [-0.25, -0.2) is 13.2 Å². The van der Waals surface area contributed by atoms with E-state index in [1.165, 1.54) is 7.11 Å². The molecule has 0 fully saturated rings. The molecule has 0 heterocycles. The Kier molecular flexibility index (Phi) is 5.03. The molecule has 0 saturated heterocycles. The first kappa shape index (κ1) is 15.6. The Labute approximate surface area is 127 Å². The van der Waals surface area contributed by atoms with Gasteiger partial charge in [0.05, 0.1) is 17.6 Å². The molecule has 6 heteroatoms. The Bertz CT molecular complexity index is 707. The second kappa shape index (κ2) is 6.78. The fourth-order valence-corrected chi connectivity index (χ4v) is 4.38. The highest BCUT2D eigenvalue weighted by Gasteiger charge is 2.14. The van der Waals surface area contributed by atoms with Crippen LogP contribution in [0.25, 0.3) is 0 Å². The molecule has 0 N–H and O–H groups in total. The lowest BCUT2D eigenvalue weighted by Gasteiger charge is -2.05. The van der Waals surface area contributed by atoms with Crippen LogP contribution in [0.1, 0.15) is 15.9 Å². The number of ether oxygens (including phenoxy) is 1. The summed E-state index contributed by atoms with van der Waals surface area (Å²) in [5.74, 6) is -0.0929. The number of hydrogen-bond acceptors (Lipinski definition) is 5. The molecule has 0 unspecified atom stereocenters. The van der Waals surface area contributed by atoms with Crippen molar-refractivity contribution < 1.29 is 17.9 Å². The second-order valence-corrected chi connectivity index (χ2v) is 8.15. The Morgan fingerprint density at radius 1 is 1.05 bits per heavy atom. The van der Waals surface area contributed by atoms with E-state index in [1.54, 1.807) is 54.6 Å². The third-order valence-electron chi connectivity index (χ3n) is 2.79. The van der Waals surface area contributed by atoms with Crippen LogP contribution < -0.4 is 0 Å². The van der Waals surface area contributed by atoms with Crippen molar-refractivity contribution in [1.29, 1.82) is 0 Å². The summed E-state index contributed by atoms with van der Waals surface area (Å²) in [4.78, 5) is 11.6. The smallest absolute Gasteiger partial charge is 0.337 e. The molecule has 4 nitrogen and oxygen atoms in total. The van der Waals surface area contributed by atoms with Crippen LogP contribution in [0.5, 0.6) is 0 Å². The summed E-state index contributed by atoms with van der Waals surface area (Å²) in [6, 6.07) is 15.0. The van der Waals surface area contributed by atoms with Crippen LogP contribution >= 0.6 is 10.8 Å². The number of benzene rings is 2. The maximum atomic E-state index is 12.1.